The van der Waals surface area contributed by atoms with Crippen LogP contribution in [0.2, 0.25) is 0 Å². The summed E-state index contributed by atoms with van der Waals surface area (Å²) in [6.45, 7) is 3.76. The second-order valence-electron chi connectivity index (χ2n) is 6.63. The third-order valence-corrected chi connectivity index (χ3v) is 4.48. The van der Waals surface area contributed by atoms with E-state index in [-0.39, 0.29) is 5.41 Å². The fourth-order valence-corrected chi connectivity index (χ4v) is 2.70. The molecule has 0 unspecified atom stereocenters. The summed E-state index contributed by atoms with van der Waals surface area (Å²) in [6.07, 6.45) is 13.7. The van der Waals surface area contributed by atoms with Crippen molar-refractivity contribution in [1.82, 2.24) is 0 Å². The van der Waals surface area contributed by atoms with Crippen molar-refractivity contribution in [2.75, 3.05) is 26.4 Å². The first-order valence-electron chi connectivity index (χ1n) is 7.67. The van der Waals surface area contributed by atoms with Crippen molar-refractivity contribution in [3.8, 4) is 0 Å². The van der Waals surface area contributed by atoms with E-state index in [1.165, 1.54) is 38.5 Å². The largest absolute Gasteiger partial charge is 0.380 e. The van der Waals surface area contributed by atoms with E-state index in [1.807, 2.05) is 0 Å². The lowest BCUT2D eigenvalue weighted by atomic mass is 9.78. The predicted octanol–water partition coefficient (Wildman–Crippen LogP) is 3.57. The van der Waals surface area contributed by atoms with Gasteiger partial charge in [-0.2, -0.15) is 0 Å². The highest BCUT2D eigenvalue weighted by Crippen LogP contribution is 2.36. The second-order valence-corrected chi connectivity index (χ2v) is 6.63. The van der Waals surface area contributed by atoms with Crippen molar-refractivity contribution in [3.05, 3.63) is 12.2 Å². The summed E-state index contributed by atoms with van der Waals surface area (Å²) in [7, 11) is 0. The number of hydrogen-bond donors (Lipinski definition) is 0. The van der Waals surface area contributed by atoms with Crippen LogP contribution >= 0.6 is 0 Å². The Balaban J connectivity index is 1.43. The summed E-state index contributed by atoms with van der Waals surface area (Å²) in [5, 5.41) is 0. The zero-order valence-electron chi connectivity index (χ0n) is 11.4. The Hall–Kier alpha value is -0.340. The first kappa shape index (κ1) is 12.7. The minimum atomic E-state index is 0.276. The third kappa shape index (κ3) is 3.83. The van der Waals surface area contributed by atoms with Crippen molar-refractivity contribution in [3.63, 3.8) is 0 Å². The van der Waals surface area contributed by atoms with E-state index >= 15 is 0 Å². The smallest absolute Gasteiger partial charge is 0.0547 e. The number of ether oxygens (including phenoxy) is 2. The number of rotatable bonds is 8. The highest BCUT2D eigenvalue weighted by Gasteiger charge is 2.33. The Kier molecular flexibility index (Phi) is 4.05. The molecule has 3 rings (SSSR count). The molecule has 0 saturated heterocycles. The van der Waals surface area contributed by atoms with E-state index in [0.29, 0.717) is 0 Å². The molecule has 0 radical (unpaired) electrons. The van der Waals surface area contributed by atoms with Crippen LogP contribution in [-0.2, 0) is 9.47 Å². The van der Waals surface area contributed by atoms with Crippen molar-refractivity contribution < 1.29 is 9.47 Å². The van der Waals surface area contributed by atoms with Gasteiger partial charge in [0.1, 0.15) is 0 Å². The molecule has 0 aromatic heterocycles. The maximum Gasteiger partial charge on any atom is 0.0547 e. The molecule has 2 saturated carbocycles. The van der Waals surface area contributed by atoms with Gasteiger partial charge in [0.05, 0.1) is 13.2 Å². The fraction of sp³-hybridized carbons (Fsp3) is 0.875. The maximum absolute atomic E-state index is 5.96. The third-order valence-electron chi connectivity index (χ3n) is 4.48. The van der Waals surface area contributed by atoms with Crippen LogP contribution in [0.25, 0.3) is 0 Å². The van der Waals surface area contributed by atoms with Gasteiger partial charge >= 0.3 is 0 Å². The predicted molar refractivity (Wildman–Crippen MR) is 72.5 cm³/mol. The molecule has 0 heterocycles. The first-order chi connectivity index (χ1) is 8.86. The molecule has 2 nitrogen and oxygen atoms in total. The summed E-state index contributed by atoms with van der Waals surface area (Å²) in [4.78, 5) is 0. The summed E-state index contributed by atoms with van der Waals surface area (Å²) in [6, 6.07) is 0. The molecular formula is C16H26O2. The summed E-state index contributed by atoms with van der Waals surface area (Å²) in [5.74, 6) is 1.74. The van der Waals surface area contributed by atoms with Crippen LogP contribution in [0.1, 0.15) is 44.9 Å². The van der Waals surface area contributed by atoms with Gasteiger partial charge < -0.3 is 9.47 Å². The van der Waals surface area contributed by atoms with Crippen LogP contribution in [0.15, 0.2) is 12.2 Å². The topological polar surface area (TPSA) is 18.5 Å². The van der Waals surface area contributed by atoms with Crippen LogP contribution in [0.3, 0.4) is 0 Å². The SMILES string of the molecule is C1=CCC(COCC2CC2)(COCC2CC2)CC1. The van der Waals surface area contributed by atoms with Gasteiger partial charge in [0.25, 0.3) is 0 Å². The Labute approximate surface area is 111 Å². The van der Waals surface area contributed by atoms with Gasteiger partial charge in [0.2, 0.25) is 0 Å². The normalized spacial score (nSPS) is 26.4. The lowest BCUT2D eigenvalue weighted by Crippen LogP contribution is -2.34. The van der Waals surface area contributed by atoms with E-state index < -0.39 is 0 Å². The molecule has 0 aromatic carbocycles. The molecule has 0 amide bonds. The van der Waals surface area contributed by atoms with E-state index in [1.54, 1.807) is 0 Å². The van der Waals surface area contributed by atoms with E-state index in [0.717, 1.165) is 44.7 Å². The summed E-state index contributed by atoms with van der Waals surface area (Å²) in [5.41, 5.74) is 0.276. The molecule has 0 spiro atoms. The quantitative estimate of drug-likeness (QED) is 0.613. The van der Waals surface area contributed by atoms with Crippen molar-refractivity contribution in [2.24, 2.45) is 17.3 Å². The molecule has 0 aliphatic heterocycles. The van der Waals surface area contributed by atoms with E-state index in [4.69, 9.17) is 9.47 Å². The Morgan fingerprint density at radius 3 is 1.94 bits per heavy atom. The average Bonchev–Trinajstić information content (AvgIpc) is 3.25. The van der Waals surface area contributed by atoms with Gasteiger partial charge in [0, 0.05) is 18.6 Å². The van der Waals surface area contributed by atoms with Crippen LogP contribution in [0, 0.1) is 17.3 Å². The highest BCUT2D eigenvalue weighted by atomic mass is 16.5. The van der Waals surface area contributed by atoms with Gasteiger partial charge in [-0.25, -0.2) is 0 Å². The van der Waals surface area contributed by atoms with Crippen LogP contribution in [0.4, 0.5) is 0 Å². The molecule has 102 valence electrons. The molecule has 2 heteroatoms. The van der Waals surface area contributed by atoms with E-state index in [2.05, 4.69) is 12.2 Å². The Morgan fingerprint density at radius 2 is 1.50 bits per heavy atom. The monoisotopic (exact) mass is 250 g/mol. The molecule has 0 atom stereocenters. The summed E-state index contributed by atoms with van der Waals surface area (Å²) < 4.78 is 11.9. The molecule has 0 aromatic rings. The van der Waals surface area contributed by atoms with Crippen molar-refractivity contribution in [2.45, 2.75) is 44.9 Å². The second kappa shape index (κ2) is 5.75. The molecule has 2 fully saturated rings. The molecule has 3 aliphatic rings. The molecule has 0 N–H and O–H groups in total. The Bertz CT molecular complexity index is 271. The maximum atomic E-state index is 5.96. The van der Waals surface area contributed by atoms with Crippen LogP contribution in [0.5, 0.6) is 0 Å². The number of allylic oxidation sites excluding steroid dienone is 2. The standard InChI is InChI=1S/C16H26O2/c1-2-8-16(9-3-1,12-17-10-14-4-5-14)13-18-11-15-6-7-15/h1-2,14-15H,3-13H2. The molecule has 0 bridgehead atoms. The zero-order valence-corrected chi connectivity index (χ0v) is 11.4. The van der Waals surface area contributed by atoms with Gasteiger partial charge in [0.15, 0.2) is 0 Å². The van der Waals surface area contributed by atoms with Gasteiger partial charge in [-0.15, -0.1) is 0 Å². The Morgan fingerprint density at radius 1 is 0.889 bits per heavy atom. The van der Waals surface area contributed by atoms with Gasteiger partial charge in [-0.1, -0.05) is 12.2 Å². The first-order valence-corrected chi connectivity index (χ1v) is 7.67. The molecule has 18 heavy (non-hydrogen) atoms. The minimum Gasteiger partial charge on any atom is -0.380 e. The fourth-order valence-electron chi connectivity index (χ4n) is 2.70. The molecule has 3 aliphatic carbocycles. The van der Waals surface area contributed by atoms with E-state index in [9.17, 15) is 0 Å². The van der Waals surface area contributed by atoms with Crippen molar-refractivity contribution in [1.29, 1.82) is 0 Å². The zero-order chi connectivity index (χ0) is 12.3. The van der Waals surface area contributed by atoms with Gasteiger partial charge in [-0.05, 0) is 56.8 Å². The summed E-state index contributed by atoms with van der Waals surface area (Å²) >= 11 is 0. The lowest BCUT2D eigenvalue weighted by molar-refractivity contribution is -0.0323. The highest BCUT2D eigenvalue weighted by molar-refractivity contribution is 4.98. The minimum absolute atomic E-state index is 0.276. The lowest BCUT2D eigenvalue weighted by Gasteiger charge is -2.34. The average molecular weight is 250 g/mol. The van der Waals surface area contributed by atoms with Crippen molar-refractivity contribution >= 4 is 0 Å². The van der Waals surface area contributed by atoms with Crippen LogP contribution < -0.4 is 0 Å². The van der Waals surface area contributed by atoms with Gasteiger partial charge in [-0.3, -0.25) is 0 Å². The molecular weight excluding hydrogens is 224 g/mol. The van der Waals surface area contributed by atoms with Crippen LogP contribution in [-0.4, -0.2) is 26.4 Å². The number of hydrogen-bond acceptors (Lipinski definition) is 2.